The fourth-order valence-electron chi connectivity index (χ4n) is 1.39. The van der Waals surface area contributed by atoms with Crippen LogP contribution >= 0.6 is 0 Å². The third-order valence-corrected chi connectivity index (χ3v) is 4.20. The number of benzene rings is 1. The summed E-state index contributed by atoms with van der Waals surface area (Å²) in [5.74, 6) is -1.93. The number of hydrogen-bond donors (Lipinski definition) is 2. The Kier molecular flexibility index (Phi) is 5.69. The van der Waals surface area contributed by atoms with Gasteiger partial charge in [0.1, 0.15) is 11.0 Å². The van der Waals surface area contributed by atoms with Crippen molar-refractivity contribution in [3.8, 4) is 0 Å². The van der Waals surface area contributed by atoms with E-state index in [1.54, 1.807) is 12.1 Å². The van der Waals surface area contributed by atoms with Gasteiger partial charge in [-0.1, -0.05) is 19.1 Å². The van der Waals surface area contributed by atoms with E-state index in [2.05, 4.69) is 5.32 Å². The summed E-state index contributed by atoms with van der Waals surface area (Å²) in [5, 5.41) is 10.2. The van der Waals surface area contributed by atoms with Crippen LogP contribution in [0.5, 0.6) is 0 Å². The Bertz CT molecular complexity index is 484. The molecule has 0 radical (unpaired) electrons. The molecular weight excluding hydrogens is 266 g/mol. The molecule has 0 bridgehead atoms. The molecule has 2 unspecified atom stereocenters. The molecule has 1 aromatic carbocycles. The molecule has 19 heavy (non-hydrogen) atoms. The summed E-state index contributed by atoms with van der Waals surface area (Å²) in [6, 6.07) is 7.32. The zero-order valence-corrected chi connectivity index (χ0v) is 11.7. The van der Waals surface area contributed by atoms with Crippen LogP contribution < -0.4 is 5.32 Å². The van der Waals surface area contributed by atoms with E-state index in [1.807, 2.05) is 19.1 Å². The summed E-state index contributed by atoms with van der Waals surface area (Å²) in [7, 11) is -1.72. The average molecular weight is 283 g/mol. The SMILES string of the molecule is CCc1ccc(NC(=O)CS(=O)C(C)C(=O)O)cc1. The molecule has 0 saturated heterocycles. The van der Waals surface area contributed by atoms with Gasteiger partial charge >= 0.3 is 5.97 Å². The molecule has 0 saturated carbocycles. The lowest BCUT2D eigenvalue weighted by Crippen LogP contribution is -2.29. The Balaban J connectivity index is 2.55. The number of carboxylic acids is 1. The molecule has 0 aliphatic carbocycles. The van der Waals surface area contributed by atoms with Crippen molar-refractivity contribution in [1.82, 2.24) is 0 Å². The second-order valence-electron chi connectivity index (χ2n) is 4.10. The Hall–Kier alpha value is -1.69. The minimum atomic E-state index is -1.72. The first-order valence-electron chi connectivity index (χ1n) is 5.92. The maximum absolute atomic E-state index is 11.6. The first-order valence-corrected chi connectivity index (χ1v) is 7.31. The summed E-state index contributed by atoms with van der Waals surface area (Å²) in [6.45, 7) is 3.35. The number of carbonyl (C=O) groups excluding carboxylic acids is 1. The van der Waals surface area contributed by atoms with Gasteiger partial charge < -0.3 is 10.4 Å². The van der Waals surface area contributed by atoms with Crippen LogP contribution in [0.1, 0.15) is 19.4 Å². The highest BCUT2D eigenvalue weighted by Gasteiger charge is 2.21. The van der Waals surface area contributed by atoms with E-state index in [0.717, 1.165) is 12.0 Å². The van der Waals surface area contributed by atoms with Crippen molar-refractivity contribution in [2.45, 2.75) is 25.5 Å². The summed E-state index contributed by atoms with van der Waals surface area (Å²) >= 11 is 0. The predicted molar refractivity (Wildman–Crippen MR) is 74.6 cm³/mol. The van der Waals surface area contributed by atoms with E-state index in [9.17, 15) is 13.8 Å². The average Bonchev–Trinajstić information content (AvgIpc) is 2.38. The van der Waals surface area contributed by atoms with Gasteiger partial charge in [-0.2, -0.15) is 0 Å². The zero-order chi connectivity index (χ0) is 14.4. The fraction of sp³-hybridized carbons (Fsp3) is 0.385. The van der Waals surface area contributed by atoms with Crippen LogP contribution in [0.4, 0.5) is 5.69 Å². The maximum Gasteiger partial charge on any atom is 0.318 e. The third-order valence-electron chi connectivity index (χ3n) is 2.66. The minimum Gasteiger partial charge on any atom is -0.480 e. The van der Waals surface area contributed by atoms with Gasteiger partial charge in [0, 0.05) is 16.5 Å². The molecule has 5 nitrogen and oxygen atoms in total. The van der Waals surface area contributed by atoms with Crippen molar-refractivity contribution < 1.29 is 18.9 Å². The van der Waals surface area contributed by atoms with E-state index in [0.29, 0.717) is 5.69 Å². The van der Waals surface area contributed by atoms with Crippen LogP contribution in [-0.4, -0.2) is 32.2 Å². The smallest absolute Gasteiger partial charge is 0.318 e. The van der Waals surface area contributed by atoms with Crippen LogP contribution in [0.2, 0.25) is 0 Å². The Morgan fingerprint density at radius 3 is 2.37 bits per heavy atom. The molecule has 1 amide bonds. The van der Waals surface area contributed by atoms with Crippen LogP contribution in [0, 0.1) is 0 Å². The monoisotopic (exact) mass is 283 g/mol. The molecule has 0 aliphatic heterocycles. The lowest BCUT2D eigenvalue weighted by atomic mass is 10.1. The molecule has 2 N–H and O–H groups in total. The van der Waals surface area contributed by atoms with Crippen LogP contribution in [0.25, 0.3) is 0 Å². The van der Waals surface area contributed by atoms with Gasteiger partial charge in [0.2, 0.25) is 5.91 Å². The van der Waals surface area contributed by atoms with Crippen molar-refractivity contribution >= 4 is 28.4 Å². The van der Waals surface area contributed by atoms with Crippen molar-refractivity contribution in [3.05, 3.63) is 29.8 Å². The minimum absolute atomic E-state index is 0.316. The fourth-order valence-corrected chi connectivity index (χ4v) is 2.19. The number of nitrogens with one attached hydrogen (secondary N) is 1. The highest BCUT2D eigenvalue weighted by atomic mass is 32.2. The molecule has 1 rings (SSSR count). The molecule has 6 heteroatoms. The van der Waals surface area contributed by atoms with Gasteiger partial charge in [-0.05, 0) is 31.0 Å². The number of hydrogen-bond acceptors (Lipinski definition) is 3. The Labute approximate surface area is 114 Å². The first-order chi connectivity index (χ1) is 8.93. The van der Waals surface area contributed by atoms with E-state index < -0.39 is 27.9 Å². The molecule has 0 aliphatic rings. The van der Waals surface area contributed by atoms with Gasteiger partial charge in [-0.3, -0.25) is 13.8 Å². The lowest BCUT2D eigenvalue weighted by Gasteiger charge is -2.08. The topological polar surface area (TPSA) is 83.5 Å². The highest BCUT2D eigenvalue weighted by molar-refractivity contribution is 7.87. The van der Waals surface area contributed by atoms with Crippen molar-refractivity contribution in [2.24, 2.45) is 0 Å². The number of carbonyl (C=O) groups is 2. The molecule has 104 valence electrons. The summed E-state index contributed by atoms with van der Waals surface area (Å²) in [4.78, 5) is 22.2. The molecule has 0 fully saturated rings. The Morgan fingerprint density at radius 1 is 1.32 bits per heavy atom. The van der Waals surface area contributed by atoms with Gasteiger partial charge in [0.05, 0.1) is 0 Å². The number of rotatable bonds is 6. The first kappa shape index (κ1) is 15.4. The van der Waals surface area contributed by atoms with Crippen LogP contribution in [-0.2, 0) is 26.8 Å². The second kappa shape index (κ2) is 7.04. The molecule has 0 spiro atoms. The Morgan fingerprint density at radius 2 is 1.89 bits per heavy atom. The maximum atomic E-state index is 11.6. The summed E-state index contributed by atoms with van der Waals surface area (Å²) in [6.07, 6.45) is 0.911. The number of anilines is 1. The largest absolute Gasteiger partial charge is 0.480 e. The van der Waals surface area contributed by atoms with Crippen molar-refractivity contribution in [3.63, 3.8) is 0 Å². The predicted octanol–water partition coefficient (Wildman–Crippen LogP) is 1.41. The molecule has 0 heterocycles. The molecular formula is C13H17NO4S. The van der Waals surface area contributed by atoms with E-state index >= 15 is 0 Å². The quantitative estimate of drug-likeness (QED) is 0.827. The molecule has 0 aromatic heterocycles. The van der Waals surface area contributed by atoms with Crippen molar-refractivity contribution in [2.75, 3.05) is 11.1 Å². The summed E-state index contributed by atoms with van der Waals surface area (Å²) in [5.41, 5.74) is 1.77. The summed E-state index contributed by atoms with van der Waals surface area (Å²) < 4.78 is 11.6. The van der Waals surface area contributed by atoms with Gasteiger partial charge in [-0.15, -0.1) is 0 Å². The van der Waals surface area contributed by atoms with Crippen molar-refractivity contribution in [1.29, 1.82) is 0 Å². The van der Waals surface area contributed by atoms with Crippen LogP contribution in [0.15, 0.2) is 24.3 Å². The number of aliphatic carboxylic acids is 1. The normalized spacial score (nSPS) is 13.6. The van der Waals surface area contributed by atoms with Crippen LogP contribution in [0.3, 0.4) is 0 Å². The van der Waals surface area contributed by atoms with E-state index in [1.165, 1.54) is 6.92 Å². The highest BCUT2D eigenvalue weighted by Crippen LogP contribution is 2.10. The molecule has 2 atom stereocenters. The zero-order valence-electron chi connectivity index (χ0n) is 10.9. The van der Waals surface area contributed by atoms with E-state index in [4.69, 9.17) is 5.11 Å². The number of amides is 1. The van der Waals surface area contributed by atoms with Gasteiger partial charge in [0.15, 0.2) is 0 Å². The van der Waals surface area contributed by atoms with Gasteiger partial charge in [0.25, 0.3) is 0 Å². The third kappa shape index (κ3) is 4.82. The standard InChI is InChI=1S/C13H17NO4S/c1-3-10-4-6-11(7-5-10)14-12(15)8-19(18)9(2)13(16)17/h4-7,9H,3,8H2,1-2H3,(H,14,15)(H,16,17). The number of aryl methyl sites for hydroxylation is 1. The molecule has 1 aromatic rings. The van der Waals surface area contributed by atoms with E-state index in [-0.39, 0.29) is 5.75 Å². The van der Waals surface area contributed by atoms with Gasteiger partial charge in [-0.25, -0.2) is 0 Å². The second-order valence-corrected chi connectivity index (χ2v) is 5.86. The number of carboxylic acid groups (broad SMARTS) is 1. The lowest BCUT2D eigenvalue weighted by molar-refractivity contribution is -0.136.